The smallest absolute Gasteiger partial charge is 0.137 e. The molecule has 0 aromatic heterocycles. The minimum absolute atomic E-state index is 0.308. The van der Waals surface area contributed by atoms with Gasteiger partial charge in [0.15, 0.2) is 0 Å². The molecule has 0 spiro atoms. The molecule has 0 bridgehead atoms. The highest BCUT2D eigenvalue weighted by Crippen LogP contribution is 2.31. The maximum atomic E-state index is 13.6. The zero-order valence-electron chi connectivity index (χ0n) is 12.4. The Hall–Kier alpha value is -1.39. The van der Waals surface area contributed by atoms with Crippen LogP contribution in [0.3, 0.4) is 0 Å². The average Bonchev–Trinajstić information content (AvgIpc) is 2.42. The van der Waals surface area contributed by atoms with E-state index in [-0.39, 0.29) is 0 Å². The van der Waals surface area contributed by atoms with Crippen LogP contribution < -0.4 is 5.32 Å². The van der Waals surface area contributed by atoms with Crippen molar-refractivity contribution in [2.45, 2.75) is 43.1 Å². The molecule has 0 aliphatic rings. The molecule has 112 valence electrons. The van der Waals surface area contributed by atoms with Crippen LogP contribution in [-0.2, 0) is 6.54 Å². The molecule has 0 atom stereocenters. The summed E-state index contributed by atoms with van der Waals surface area (Å²) in [5.41, 5.74) is 2.36. The van der Waals surface area contributed by atoms with Crippen molar-refractivity contribution in [3.8, 4) is 0 Å². The Morgan fingerprint density at radius 1 is 1.10 bits per heavy atom. The van der Waals surface area contributed by atoms with Crippen molar-refractivity contribution in [2.24, 2.45) is 0 Å². The first-order valence-electron chi connectivity index (χ1n) is 6.91. The molecule has 1 N–H and O–H groups in total. The van der Waals surface area contributed by atoms with Gasteiger partial charge >= 0.3 is 0 Å². The average molecular weight is 307 g/mol. The molecule has 0 aliphatic heterocycles. The summed E-state index contributed by atoms with van der Waals surface area (Å²) < 4.78 is 26.8. The van der Waals surface area contributed by atoms with Crippen molar-refractivity contribution in [2.75, 3.05) is 0 Å². The number of hydrogen-bond acceptors (Lipinski definition) is 2. The summed E-state index contributed by atoms with van der Waals surface area (Å²) in [7, 11) is 0. The van der Waals surface area contributed by atoms with E-state index in [2.05, 4.69) is 19.2 Å². The lowest BCUT2D eigenvalue weighted by Crippen LogP contribution is -2.22. The number of benzene rings is 2. The van der Waals surface area contributed by atoms with Crippen LogP contribution in [-0.4, -0.2) is 6.04 Å². The Morgan fingerprint density at radius 3 is 2.52 bits per heavy atom. The Morgan fingerprint density at radius 2 is 1.86 bits per heavy atom. The van der Waals surface area contributed by atoms with Gasteiger partial charge in [-0.25, -0.2) is 8.78 Å². The third-order valence-corrected chi connectivity index (χ3v) is 4.16. The Labute approximate surface area is 128 Å². The van der Waals surface area contributed by atoms with Crippen LogP contribution in [0.2, 0.25) is 0 Å². The number of rotatable bonds is 5. The summed E-state index contributed by atoms with van der Waals surface area (Å²) in [4.78, 5) is 1.22. The minimum atomic E-state index is -0.423. The lowest BCUT2D eigenvalue weighted by Gasteiger charge is -2.12. The molecule has 0 amide bonds. The molecule has 0 saturated carbocycles. The maximum absolute atomic E-state index is 13.6. The summed E-state index contributed by atoms with van der Waals surface area (Å²) in [6, 6.07) is 9.93. The van der Waals surface area contributed by atoms with E-state index in [1.54, 1.807) is 0 Å². The van der Waals surface area contributed by atoms with E-state index in [1.165, 1.54) is 23.4 Å². The molecule has 0 saturated heterocycles. The Kier molecular flexibility index (Phi) is 5.37. The fourth-order valence-electron chi connectivity index (χ4n) is 1.93. The molecule has 4 heteroatoms. The van der Waals surface area contributed by atoms with Crippen LogP contribution in [0.15, 0.2) is 46.2 Å². The first kappa shape index (κ1) is 16.0. The Bertz CT molecular complexity index is 626. The van der Waals surface area contributed by atoms with Gasteiger partial charge in [-0.15, -0.1) is 0 Å². The van der Waals surface area contributed by atoms with Gasteiger partial charge in [0.2, 0.25) is 0 Å². The maximum Gasteiger partial charge on any atom is 0.137 e. The lowest BCUT2D eigenvalue weighted by atomic mass is 10.1. The van der Waals surface area contributed by atoms with Crippen LogP contribution in [0.5, 0.6) is 0 Å². The first-order valence-corrected chi connectivity index (χ1v) is 7.73. The molecule has 2 aromatic rings. The number of nitrogens with one attached hydrogen (secondary N) is 1. The van der Waals surface area contributed by atoms with Crippen LogP contribution in [0.1, 0.15) is 25.0 Å². The molecule has 0 fully saturated rings. The van der Waals surface area contributed by atoms with Crippen LogP contribution >= 0.6 is 11.8 Å². The van der Waals surface area contributed by atoms with E-state index in [0.29, 0.717) is 10.9 Å². The molecule has 1 nitrogen and oxygen atoms in total. The van der Waals surface area contributed by atoms with Crippen LogP contribution in [0.4, 0.5) is 8.78 Å². The van der Waals surface area contributed by atoms with Gasteiger partial charge in [-0.1, -0.05) is 31.7 Å². The molecule has 21 heavy (non-hydrogen) atoms. The third kappa shape index (κ3) is 4.55. The zero-order chi connectivity index (χ0) is 15.4. The number of halogens is 2. The molecule has 0 radical (unpaired) electrons. The molecular formula is C17H19F2NS. The second-order valence-electron chi connectivity index (χ2n) is 5.30. The normalized spacial score (nSPS) is 11.1. The second kappa shape index (κ2) is 7.05. The van der Waals surface area contributed by atoms with E-state index in [4.69, 9.17) is 0 Å². The number of aryl methyl sites for hydroxylation is 1. The van der Waals surface area contributed by atoms with E-state index < -0.39 is 11.6 Å². The van der Waals surface area contributed by atoms with E-state index >= 15 is 0 Å². The topological polar surface area (TPSA) is 12.0 Å². The van der Waals surface area contributed by atoms with Crippen molar-refractivity contribution in [1.82, 2.24) is 5.32 Å². The van der Waals surface area contributed by atoms with Crippen molar-refractivity contribution in [3.63, 3.8) is 0 Å². The molecule has 0 unspecified atom stereocenters. The number of hydrogen-bond donors (Lipinski definition) is 1. The minimum Gasteiger partial charge on any atom is -0.310 e. The molecule has 2 aromatic carbocycles. The first-order chi connectivity index (χ1) is 9.95. The standard InChI is InChI=1S/C17H19F2NS/c1-11(2)20-10-13-4-6-15(8-12(13)3)21-17-9-14(18)5-7-16(17)19/h4-9,11,20H,10H2,1-3H3. The fourth-order valence-corrected chi connectivity index (χ4v) is 2.89. The van der Waals surface area contributed by atoms with E-state index in [1.807, 2.05) is 25.1 Å². The van der Waals surface area contributed by atoms with Gasteiger partial charge in [0.25, 0.3) is 0 Å². The van der Waals surface area contributed by atoms with Gasteiger partial charge in [0.05, 0.1) is 4.90 Å². The highest BCUT2D eigenvalue weighted by molar-refractivity contribution is 7.99. The molecule has 2 rings (SSSR count). The van der Waals surface area contributed by atoms with Gasteiger partial charge in [0.1, 0.15) is 11.6 Å². The van der Waals surface area contributed by atoms with Gasteiger partial charge in [0, 0.05) is 17.5 Å². The van der Waals surface area contributed by atoms with Gasteiger partial charge in [-0.3, -0.25) is 0 Å². The summed E-state index contributed by atoms with van der Waals surface area (Å²) in [6.45, 7) is 7.05. The van der Waals surface area contributed by atoms with Crippen molar-refractivity contribution in [3.05, 3.63) is 59.2 Å². The Balaban J connectivity index is 2.14. The third-order valence-electron chi connectivity index (χ3n) is 3.14. The summed E-state index contributed by atoms with van der Waals surface area (Å²) in [6.07, 6.45) is 0. The van der Waals surface area contributed by atoms with Crippen molar-refractivity contribution in [1.29, 1.82) is 0 Å². The predicted octanol–water partition coefficient (Wildman–Crippen LogP) is 4.92. The summed E-state index contributed by atoms with van der Waals surface area (Å²) in [5.74, 6) is -0.821. The largest absolute Gasteiger partial charge is 0.310 e. The van der Waals surface area contributed by atoms with E-state index in [0.717, 1.165) is 29.1 Å². The molecule has 0 aliphatic carbocycles. The predicted molar refractivity (Wildman–Crippen MR) is 83.6 cm³/mol. The quantitative estimate of drug-likeness (QED) is 0.841. The van der Waals surface area contributed by atoms with Crippen molar-refractivity contribution < 1.29 is 8.78 Å². The molecule has 0 heterocycles. The summed E-state index contributed by atoms with van der Waals surface area (Å²) in [5, 5.41) is 3.37. The van der Waals surface area contributed by atoms with Crippen LogP contribution in [0, 0.1) is 18.6 Å². The van der Waals surface area contributed by atoms with Gasteiger partial charge < -0.3 is 5.32 Å². The van der Waals surface area contributed by atoms with Gasteiger partial charge in [-0.05, 0) is 48.4 Å². The highest BCUT2D eigenvalue weighted by Gasteiger charge is 2.07. The monoisotopic (exact) mass is 307 g/mol. The second-order valence-corrected chi connectivity index (χ2v) is 6.42. The molecular weight excluding hydrogens is 288 g/mol. The van der Waals surface area contributed by atoms with Crippen LogP contribution in [0.25, 0.3) is 0 Å². The van der Waals surface area contributed by atoms with Crippen molar-refractivity contribution >= 4 is 11.8 Å². The highest BCUT2D eigenvalue weighted by atomic mass is 32.2. The fraction of sp³-hybridized carbons (Fsp3) is 0.294. The zero-order valence-corrected chi connectivity index (χ0v) is 13.2. The van der Waals surface area contributed by atoms with Gasteiger partial charge in [-0.2, -0.15) is 0 Å². The lowest BCUT2D eigenvalue weighted by molar-refractivity contribution is 0.577. The summed E-state index contributed by atoms with van der Waals surface area (Å²) >= 11 is 1.24. The SMILES string of the molecule is Cc1cc(Sc2cc(F)ccc2F)ccc1CNC(C)C. The van der Waals surface area contributed by atoms with E-state index in [9.17, 15) is 8.78 Å².